The summed E-state index contributed by atoms with van der Waals surface area (Å²) in [6.07, 6.45) is 0. The normalized spacial score (nSPS) is 11.3. The van der Waals surface area contributed by atoms with Crippen molar-refractivity contribution in [2.45, 2.75) is 5.92 Å². The molecule has 1 aromatic rings. The summed E-state index contributed by atoms with van der Waals surface area (Å²) in [5.74, 6) is -6.24. The van der Waals surface area contributed by atoms with Crippen molar-refractivity contribution in [1.29, 1.82) is 0 Å². The molecular weight excluding hydrogens is 204 g/mol. The van der Waals surface area contributed by atoms with Gasteiger partial charge in [-0.2, -0.15) is 8.78 Å². The Morgan fingerprint density at radius 3 is 2.62 bits per heavy atom. The molecule has 0 aliphatic heterocycles. The number of nitrogens with zero attached hydrogens (tertiary/aromatic N) is 1. The average molecular weight is 208 g/mol. The van der Waals surface area contributed by atoms with Crippen LogP contribution in [0.2, 0.25) is 5.15 Å². The number of aromatic nitrogens is 1. The van der Waals surface area contributed by atoms with E-state index in [1.165, 1.54) is 12.1 Å². The number of hydrogen-bond acceptors (Lipinski definition) is 2. The molecule has 0 atom stereocenters. The zero-order chi connectivity index (χ0) is 10.1. The van der Waals surface area contributed by atoms with Crippen LogP contribution in [0.25, 0.3) is 0 Å². The van der Waals surface area contributed by atoms with Gasteiger partial charge in [0.1, 0.15) is 10.8 Å². The minimum atomic E-state index is -4.00. The van der Waals surface area contributed by atoms with E-state index in [1.807, 2.05) is 0 Å². The molecule has 1 N–H and O–H groups in total. The number of carbonyl (C=O) groups is 1. The number of halogens is 3. The van der Waals surface area contributed by atoms with Crippen molar-refractivity contribution in [3.8, 4) is 0 Å². The van der Waals surface area contributed by atoms with E-state index in [9.17, 15) is 13.6 Å². The van der Waals surface area contributed by atoms with Crippen LogP contribution >= 0.6 is 11.6 Å². The number of carboxylic acids is 1. The summed E-state index contributed by atoms with van der Waals surface area (Å²) in [6.45, 7) is 0. The summed E-state index contributed by atoms with van der Waals surface area (Å²) in [4.78, 5) is 13.3. The Morgan fingerprint density at radius 1 is 1.54 bits per heavy atom. The predicted molar refractivity (Wildman–Crippen MR) is 40.8 cm³/mol. The molecule has 0 amide bonds. The van der Waals surface area contributed by atoms with Crippen LogP contribution in [0, 0.1) is 0 Å². The molecule has 13 heavy (non-hydrogen) atoms. The Balaban J connectivity index is 3.14. The van der Waals surface area contributed by atoms with E-state index in [-0.39, 0.29) is 5.15 Å². The lowest BCUT2D eigenvalue weighted by molar-refractivity contribution is -0.166. The minimum absolute atomic E-state index is 0.168. The van der Waals surface area contributed by atoms with E-state index >= 15 is 0 Å². The van der Waals surface area contributed by atoms with Crippen molar-refractivity contribution in [1.82, 2.24) is 4.98 Å². The van der Waals surface area contributed by atoms with Crippen molar-refractivity contribution >= 4 is 17.6 Å². The largest absolute Gasteiger partial charge is 0.476 e. The lowest BCUT2D eigenvalue weighted by Crippen LogP contribution is -2.26. The smallest absolute Gasteiger partial charge is 0.384 e. The molecule has 1 heterocycles. The van der Waals surface area contributed by atoms with Crippen LogP contribution in [0.3, 0.4) is 0 Å². The summed E-state index contributed by atoms with van der Waals surface area (Å²) < 4.78 is 25.5. The Labute approximate surface area is 77.0 Å². The van der Waals surface area contributed by atoms with E-state index in [0.717, 1.165) is 6.07 Å². The molecule has 0 unspecified atom stereocenters. The average Bonchev–Trinajstić information content (AvgIpc) is 2.04. The van der Waals surface area contributed by atoms with Crippen LogP contribution in [0.5, 0.6) is 0 Å². The van der Waals surface area contributed by atoms with Crippen molar-refractivity contribution < 1.29 is 18.7 Å². The van der Waals surface area contributed by atoms with Crippen LogP contribution in [-0.2, 0) is 10.7 Å². The molecule has 0 bridgehead atoms. The summed E-state index contributed by atoms with van der Waals surface area (Å²) in [5.41, 5.74) is -0.868. The van der Waals surface area contributed by atoms with Crippen LogP contribution in [0.1, 0.15) is 5.69 Å². The highest BCUT2D eigenvalue weighted by atomic mass is 35.5. The molecule has 0 aliphatic carbocycles. The molecule has 70 valence electrons. The molecule has 0 saturated carbocycles. The van der Waals surface area contributed by atoms with Gasteiger partial charge in [-0.3, -0.25) is 0 Å². The molecule has 0 fully saturated rings. The third-order valence-corrected chi connectivity index (χ3v) is 1.52. The van der Waals surface area contributed by atoms with Crippen LogP contribution in [0.4, 0.5) is 8.78 Å². The van der Waals surface area contributed by atoms with Crippen LogP contribution < -0.4 is 0 Å². The highest BCUT2D eigenvalue weighted by Gasteiger charge is 2.42. The predicted octanol–water partition coefficient (Wildman–Crippen LogP) is 1.91. The number of hydrogen-bond donors (Lipinski definition) is 1. The van der Waals surface area contributed by atoms with E-state index < -0.39 is 17.6 Å². The topological polar surface area (TPSA) is 50.2 Å². The van der Waals surface area contributed by atoms with E-state index in [0.29, 0.717) is 0 Å². The highest BCUT2D eigenvalue weighted by molar-refractivity contribution is 6.29. The fourth-order valence-corrected chi connectivity index (χ4v) is 0.856. The first kappa shape index (κ1) is 9.85. The second-order valence-corrected chi connectivity index (χ2v) is 2.61. The molecule has 0 radical (unpaired) electrons. The van der Waals surface area contributed by atoms with Gasteiger partial charge in [0.25, 0.3) is 0 Å². The first-order chi connectivity index (χ1) is 5.94. The quantitative estimate of drug-likeness (QED) is 0.754. The van der Waals surface area contributed by atoms with Gasteiger partial charge in [0.2, 0.25) is 0 Å². The molecule has 3 nitrogen and oxygen atoms in total. The molecule has 0 saturated heterocycles. The highest BCUT2D eigenvalue weighted by Crippen LogP contribution is 2.26. The zero-order valence-electron chi connectivity index (χ0n) is 6.17. The van der Waals surface area contributed by atoms with Gasteiger partial charge in [0.05, 0.1) is 0 Å². The Bertz CT molecular complexity index is 343. The van der Waals surface area contributed by atoms with Crippen LogP contribution in [0.15, 0.2) is 18.2 Å². The Morgan fingerprint density at radius 2 is 2.15 bits per heavy atom. The molecule has 1 aromatic heterocycles. The summed E-state index contributed by atoms with van der Waals surface area (Å²) in [6, 6.07) is 3.39. The van der Waals surface area contributed by atoms with Gasteiger partial charge in [-0.05, 0) is 12.1 Å². The maximum Gasteiger partial charge on any atom is 0.384 e. The third kappa shape index (κ3) is 1.92. The summed E-state index contributed by atoms with van der Waals surface area (Å²) in [7, 11) is 0. The minimum Gasteiger partial charge on any atom is -0.476 e. The summed E-state index contributed by atoms with van der Waals surface area (Å²) >= 11 is 5.32. The zero-order valence-corrected chi connectivity index (χ0v) is 6.92. The molecule has 0 aromatic carbocycles. The molecule has 1 rings (SSSR count). The number of carboxylic acid groups (broad SMARTS) is 1. The van der Waals surface area contributed by atoms with Gasteiger partial charge >= 0.3 is 11.9 Å². The number of alkyl halides is 2. The number of rotatable bonds is 2. The van der Waals surface area contributed by atoms with E-state index in [4.69, 9.17) is 16.7 Å². The Hall–Kier alpha value is -1.23. The lowest BCUT2D eigenvalue weighted by atomic mass is 10.2. The second-order valence-electron chi connectivity index (χ2n) is 2.23. The van der Waals surface area contributed by atoms with E-state index in [1.54, 1.807) is 0 Å². The van der Waals surface area contributed by atoms with Gasteiger partial charge in [0.15, 0.2) is 0 Å². The molecule has 0 aliphatic rings. The monoisotopic (exact) mass is 207 g/mol. The van der Waals surface area contributed by atoms with Gasteiger partial charge in [-0.15, -0.1) is 0 Å². The summed E-state index contributed by atoms with van der Waals surface area (Å²) in [5, 5.41) is 7.98. The van der Waals surface area contributed by atoms with Crippen LogP contribution in [-0.4, -0.2) is 16.1 Å². The fourth-order valence-electron chi connectivity index (χ4n) is 0.693. The SMILES string of the molecule is O=C(O)C(F)(F)c1cccc(Cl)n1. The Kier molecular flexibility index (Phi) is 2.47. The van der Waals surface area contributed by atoms with Gasteiger partial charge in [-0.25, -0.2) is 9.78 Å². The molecule has 0 spiro atoms. The second kappa shape index (κ2) is 3.26. The third-order valence-electron chi connectivity index (χ3n) is 1.31. The maximum absolute atomic E-state index is 12.7. The number of pyridine rings is 1. The number of aliphatic carboxylic acids is 1. The van der Waals surface area contributed by atoms with Gasteiger partial charge < -0.3 is 5.11 Å². The standard InChI is InChI=1S/C7H4ClF2NO2/c8-5-3-1-2-4(11-5)7(9,10)6(12)13/h1-3H,(H,12,13). The van der Waals surface area contributed by atoms with Crippen molar-refractivity contribution in [3.63, 3.8) is 0 Å². The first-order valence-electron chi connectivity index (χ1n) is 3.19. The van der Waals surface area contributed by atoms with Crippen molar-refractivity contribution in [3.05, 3.63) is 29.0 Å². The van der Waals surface area contributed by atoms with Gasteiger partial charge in [-0.1, -0.05) is 17.7 Å². The van der Waals surface area contributed by atoms with E-state index in [2.05, 4.69) is 4.98 Å². The van der Waals surface area contributed by atoms with Gasteiger partial charge in [0, 0.05) is 0 Å². The first-order valence-corrected chi connectivity index (χ1v) is 3.56. The van der Waals surface area contributed by atoms with Crippen molar-refractivity contribution in [2.24, 2.45) is 0 Å². The maximum atomic E-state index is 12.7. The van der Waals surface area contributed by atoms with Crippen molar-refractivity contribution in [2.75, 3.05) is 0 Å². The molecular formula is C7H4ClF2NO2. The fraction of sp³-hybridized carbons (Fsp3) is 0.143. The lowest BCUT2D eigenvalue weighted by Gasteiger charge is -2.09. The molecule has 6 heteroatoms.